The van der Waals surface area contributed by atoms with Gasteiger partial charge in [0.2, 0.25) is 0 Å². The van der Waals surface area contributed by atoms with Crippen molar-refractivity contribution < 1.29 is 5.11 Å². The Hall–Kier alpha value is -2.95. The normalized spacial score (nSPS) is 17.0. The lowest BCUT2D eigenvalue weighted by atomic mass is 9.94. The number of aliphatic hydroxyl groups excluding tert-OH is 1. The van der Waals surface area contributed by atoms with Crippen LogP contribution in [0.4, 0.5) is 5.82 Å². The molecule has 0 radical (unpaired) electrons. The van der Waals surface area contributed by atoms with E-state index in [1.165, 1.54) is 0 Å². The summed E-state index contributed by atoms with van der Waals surface area (Å²) >= 11 is 0. The van der Waals surface area contributed by atoms with Crippen LogP contribution in [0.2, 0.25) is 0 Å². The smallest absolute Gasteiger partial charge is 0.176 e. The number of hydrogen-bond acceptors (Lipinski definition) is 6. The highest BCUT2D eigenvalue weighted by Gasteiger charge is 2.34. The molecule has 1 aliphatic heterocycles. The van der Waals surface area contributed by atoms with Crippen LogP contribution in [0.25, 0.3) is 16.8 Å². The number of anilines is 1. The van der Waals surface area contributed by atoms with E-state index in [1.807, 2.05) is 43.5 Å². The highest BCUT2D eigenvalue weighted by Crippen LogP contribution is 2.40. The molecular formula is C24H30N6O. The summed E-state index contributed by atoms with van der Waals surface area (Å²) in [5.74, 6) is 1.50. The minimum absolute atomic E-state index is 0.0737. The second kappa shape index (κ2) is 7.95. The number of nitriles is 1. The van der Waals surface area contributed by atoms with Crippen molar-refractivity contribution in [3.63, 3.8) is 0 Å². The summed E-state index contributed by atoms with van der Waals surface area (Å²) in [6.45, 7) is 6.65. The van der Waals surface area contributed by atoms with E-state index in [0.717, 1.165) is 41.9 Å². The van der Waals surface area contributed by atoms with Gasteiger partial charge in [0, 0.05) is 17.5 Å². The maximum absolute atomic E-state index is 10.1. The van der Waals surface area contributed by atoms with Gasteiger partial charge in [0.25, 0.3) is 0 Å². The van der Waals surface area contributed by atoms with Gasteiger partial charge >= 0.3 is 0 Å². The monoisotopic (exact) mass is 418 g/mol. The van der Waals surface area contributed by atoms with Crippen LogP contribution < -0.4 is 4.90 Å². The third kappa shape index (κ3) is 3.46. The first-order valence-corrected chi connectivity index (χ1v) is 10.7. The Balaban J connectivity index is 2.12. The lowest BCUT2D eigenvalue weighted by Gasteiger charge is -2.33. The molecule has 1 fully saturated rings. The number of rotatable bonds is 5. The molecule has 1 unspecified atom stereocenters. The van der Waals surface area contributed by atoms with Crippen molar-refractivity contribution in [2.24, 2.45) is 0 Å². The summed E-state index contributed by atoms with van der Waals surface area (Å²) < 4.78 is 1.84. The molecule has 0 bridgehead atoms. The Morgan fingerprint density at radius 1 is 1.26 bits per heavy atom. The first-order chi connectivity index (χ1) is 14.8. The van der Waals surface area contributed by atoms with Gasteiger partial charge in [-0.25, -0.2) is 4.98 Å². The molecule has 0 spiro atoms. The molecule has 0 saturated carbocycles. The first-order valence-electron chi connectivity index (χ1n) is 10.7. The van der Waals surface area contributed by atoms with E-state index in [9.17, 15) is 10.4 Å². The van der Waals surface area contributed by atoms with E-state index in [2.05, 4.69) is 42.1 Å². The molecule has 1 saturated heterocycles. The second-order valence-corrected chi connectivity index (χ2v) is 9.17. The fourth-order valence-electron chi connectivity index (χ4n) is 4.43. The molecule has 2 aromatic heterocycles. The van der Waals surface area contributed by atoms with E-state index >= 15 is 0 Å². The third-order valence-corrected chi connectivity index (χ3v) is 6.27. The highest BCUT2D eigenvalue weighted by atomic mass is 16.3. The summed E-state index contributed by atoms with van der Waals surface area (Å²) in [6, 6.07) is 12.6. The SMILES string of the molecule is Cc1c(-c2ccccc2)c(N2CCCC2N(C)C)n2nc(C(C)(C)CO)nc2c1C#N. The first kappa shape index (κ1) is 21.3. The van der Waals surface area contributed by atoms with E-state index in [4.69, 9.17) is 10.1 Å². The number of nitrogens with zero attached hydrogens (tertiary/aromatic N) is 6. The third-order valence-electron chi connectivity index (χ3n) is 6.27. The van der Waals surface area contributed by atoms with Crippen LogP contribution in [0.5, 0.6) is 0 Å². The molecule has 162 valence electrons. The Labute approximate surface area is 183 Å². The van der Waals surface area contributed by atoms with Gasteiger partial charge in [-0.2, -0.15) is 9.78 Å². The van der Waals surface area contributed by atoms with Gasteiger partial charge in [0.1, 0.15) is 17.5 Å². The zero-order chi connectivity index (χ0) is 22.3. The number of fused-ring (bicyclic) bond motifs is 1. The van der Waals surface area contributed by atoms with Crippen LogP contribution in [0.1, 0.15) is 43.6 Å². The summed E-state index contributed by atoms with van der Waals surface area (Å²) in [7, 11) is 4.20. The van der Waals surface area contributed by atoms with Gasteiger partial charge in [-0.3, -0.25) is 4.90 Å². The lowest BCUT2D eigenvalue weighted by Crippen LogP contribution is -2.41. The zero-order valence-corrected chi connectivity index (χ0v) is 18.9. The van der Waals surface area contributed by atoms with E-state index in [0.29, 0.717) is 17.0 Å². The van der Waals surface area contributed by atoms with Gasteiger partial charge < -0.3 is 10.0 Å². The molecule has 7 nitrogen and oxygen atoms in total. The molecular weight excluding hydrogens is 388 g/mol. The summed E-state index contributed by atoms with van der Waals surface area (Å²) in [5.41, 5.74) is 3.43. The van der Waals surface area contributed by atoms with Gasteiger partial charge in [-0.1, -0.05) is 44.2 Å². The van der Waals surface area contributed by atoms with Crippen molar-refractivity contribution in [3.05, 3.63) is 47.3 Å². The number of pyridine rings is 1. The Kier molecular flexibility index (Phi) is 5.46. The Morgan fingerprint density at radius 2 is 1.97 bits per heavy atom. The molecule has 4 rings (SSSR count). The zero-order valence-electron chi connectivity index (χ0n) is 18.9. The summed E-state index contributed by atoms with van der Waals surface area (Å²) in [5, 5.41) is 24.8. The number of aliphatic hydroxyl groups is 1. The average Bonchev–Trinajstić information content (AvgIpc) is 3.41. The summed E-state index contributed by atoms with van der Waals surface area (Å²) in [6.07, 6.45) is 2.38. The number of aromatic nitrogens is 3. The van der Waals surface area contributed by atoms with Crippen molar-refractivity contribution in [2.75, 3.05) is 32.1 Å². The van der Waals surface area contributed by atoms with Crippen LogP contribution >= 0.6 is 0 Å². The lowest BCUT2D eigenvalue weighted by molar-refractivity contribution is 0.212. The Bertz CT molecular complexity index is 1140. The fourth-order valence-corrected chi connectivity index (χ4v) is 4.43. The molecule has 7 heteroatoms. The molecule has 3 aromatic rings. The fraction of sp³-hybridized carbons (Fsp3) is 0.458. The molecule has 1 aromatic carbocycles. The highest BCUT2D eigenvalue weighted by molar-refractivity contribution is 5.85. The molecule has 1 atom stereocenters. The minimum Gasteiger partial charge on any atom is -0.395 e. The van der Waals surface area contributed by atoms with Crippen LogP contribution in [-0.4, -0.2) is 58.0 Å². The predicted octanol–water partition coefficient (Wildman–Crippen LogP) is 3.33. The average molecular weight is 419 g/mol. The van der Waals surface area contributed by atoms with E-state index < -0.39 is 5.41 Å². The van der Waals surface area contributed by atoms with Gasteiger partial charge in [0.15, 0.2) is 11.5 Å². The van der Waals surface area contributed by atoms with Crippen molar-refractivity contribution in [1.82, 2.24) is 19.5 Å². The summed E-state index contributed by atoms with van der Waals surface area (Å²) in [4.78, 5) is 9.37. The molecule has 0 amide bonds. The molecule has 1 N–H and O–H groups in total. The largest absolute Gasteiger partial charge is 0.395 e. The van der Waals surface area contributed by atoms with Crippen LogP contribution in [-0.2, 0) is 5.41 Å². The van der Waals surface area contributed by atoms with Gasteiger partial charge in [-0.05, 0) is 45.0 Å². The maximum Gasteiger partial charge on any atom is 0.176 e. The van der Waals surface area contributed by atoms with E-state index in [-0.39, 0.29) is 12.8 Å². The van der Waals surface area contributed by atoms with Crippen LogP contribution in [0.15, 0.2) is 30.3 Å². The van der Waals surface area contributed by atoms with Crippen molar-refractivity contribution in [3.8, 4) is 17.2 Å². The molecule has 3 heterocycles. The van der Waals surface area contributed by atoms with Crippen LogP contribution in [0.3, 0.4) is 0 Å². The molecule has 0 aliphatic carbocycles. The van der Waals surface area contributed by atoms with Crippen LogP contribution in [0, 0.1) is 18.3 Å². The van der Waals surface area contributed by atoms with Crippen molar-refractivity contribution >= 4 is 11.5 Å². The molecule has 31 heavy (non-hydrogen) atoms. The maximum atomic E-state index is 10.1. The topological polar surface area (TPSA) is 80.7 Å². The predicted molar refractivity (Wildman–Crippen MR) is 122 cm³/mol. The number of hydrogen-bond donors (Lipinski definition) is 1. The minimum atomic E-state index is -0.608. The Morgan fingerprint density at radius 3 is 2.58 bits per heavy atom. The second-order valence-electron chi connectivity index (χ2n) is 9.17. The van der Waals surface area contributed by atoms with Crippen molar-refractivity contribution in [2.45, 2.75) is 45.2 Å². The van der Waals surface area contributed by atoms with Gasteiger partial charge in [0.05, 0.1) is 12.8 Å². The quantitative estimate of drug-likeness (QED) is 0.685. The standard InChI is InChI=1S/C24H30N6O/c1-16-18(14-25)21-26-23(24(2,3)15-31)27-30(21)22(20(16)17-10-7-6-8-11-17)29-13-9-12-19(29)28(4)5/h6-8,10-11,19,31H,9,12-13,15H2,1-5H3. The molecule has 1 aliphatic rings. The van der Waals surface area contributed by atoms with Gasteiger partial charge in [-0.15, -0.1) is 5.10 Å². The van der Waals surface area contributed by atoms with E-state index in [1.54, 1.807) is 0 Å². The van der Waals surface area contributed by atoms with Crippen molar-refractivity contribution in [1.29, 1.82) is 5.26 Å². The number of benzene rings is 1.